The van der Waals surface area contributed by atoms with Crippen LogP contribution in [-0.2, 0) is 11.2 Å². The monoisotopic (exact) mass is 398 g/mol. The van der Waals surface area contributed by atoms with Crippen molar-refractivity contribution in [3.63, 3.8) is 0 Å². The molecule has 28 heavy (non-hydrogen) atoms. The lowest BCUT2D eigenvalue weighted by molar-refractivity contribution is -0.128. The molecular weight excluding hydrogens is 376 g/mol. The van der Waals surface area contributed by atoms with Gasteiger partial charge in [-0.2, -0.15) is 0 Å². The van der Waals surface area contributed by atoms with Crippen molar-refractivity contribution in [3.05, 3.63) is 47.0 Å². The van der Waals surface area contributed by atoms with Crippen LogP contribution in [-0.4, -0.2) is 35.8 Å². The maximum Gasteiger partial charge on any atom is 0.260 e. The fourth-order valence-electron chi connectivity index (χ4n) is 2.80. The van der Waals surface area contributed by atoms with Crippen LogP contribution in [0.5, 0.6) is 11.5 Å². The van der Waals surface area contributed by atoms with Gasteiger partial charge in [0.2, 0.25) is 5.91 Å². The molecule has 8 heteroatoms. The maximum absolute atomic E-state index is 11.6. The molecular formula is C20H22N4O3S. The van der Waals surface area contributed by atoms with Crippen LogP contribution in [0.3, 0.4) is 0 Å². The fraction of sp³-hybridized carbons (Fsp3) is 0.250. The third kappa shape index (κ3) is 4.23. The highest BCUT2D eigenvalue weighted by Gasteiger charge is 2.18. The number of nitrogens with zero attached hydrogens (tertiary/aromatic N) is 2. The van der Waals surface area contributed by atoms with Crippen LogP contribution >= 0.6 is 11.3 Å². The number of aromatic nitrogens is 1. The van der Waals surface area contributed by atoms with E-state index < -0.39 is 5.91 Å². The van der Waals surface area contributed by atoms with Crippen molar-refractivity contribution in [3.8, 4) is 11.5 Å². The van der Waals surface area contributed by atoms with Crippen molar-refractivity contribution in [2.75, 3.05) is 19.8 Å². The van der Waals surface area contributed by atoms with Gasteiger partial charge in [0.05, 0.1) is 11.1 Å². The second kappa shape index (κ2) is 8.26. The van der Waals surface area contributed by atoms with E-state index in [1.807, 2.05) is 24.3 Å². The zero-order valence-corrected chi connectivity index (χ0v) is 16.6. The Hall–Kier alpha value is -3.13. The number of anilines is 1. The Balaban J connectivity index is 1.72. The smallest absolute Gasteiger partial charge is 0.260 e. The molecule has 0 saturated heterocycles. The number of ether oxygens (including phenoxy) is 1. The van der Waals surface area contributed by atoms with Crippen molar-refractivity contribution in [1.82, 2.24) is 9.88 Å². The van der Waals surface area contributed by atoms with E-state index in [1.165, 1.54) is 0 Å². The van der Waals surface area contributed by atoms with Crippen LogP contribution in [0.15, 0.2) is 36.5 Å². The molecule has 0 bridgehead atoms. The van der Waals surface area contributed by atoms with Crippen molar-refractivity contribution in [1.29, 1.82) is 0 Å². The van der Waals surface area contributed by atoms with Gasteiger partial charge in [-0.05, 0) is 36.6 Å². The normalized spacial score (nSPS) is 10.8. The topological polar surface area (TPSA) is 112 Å². The number of thiophene rings is 1. The van der Waals surface area contributed by atoms with E-state index >= 15 is 0 Å². The molecule has 0 unspecified atom stereocenters. The first kappa shape index (κ1) is 19.6. The molecule has 0 aliphatic heterocycles. The number of pyridine rings is 1. The van der Waals surface area contributed by atoms with Gasteiger partial charge in [0.1, 0.15) is 21.2 Å². The highest BCUT2D eigenvalue weighted by Crippen LogP contribution is 2.39. The predicted molar refractivity (Wildman–Crippen MR) is 111 cm³/mol. The second-order valence-electron chi connectivity index (χ2n) is 6.59. The van der Waals surface area contributed by atoms with Crippen LogP contribution in [0, 0.1) is 0 Å². The first-order chi connectivity index (χ1) is 13.4. The van der Waals surface area contributed by atoms with E-state index in [1.54, 1.807) is 31.3 Å². The van der Waals surface area contributed by atoms with Gasteiger partial charge in [-0.25, -0.2) is 4.98 Å². The summed E-state index contributed by atoms with van der Waals surface area (Å²) in [6.07, 6.45) is 3.75. The molecule has 2 aromatic heterocycles. The number of carbonyl (C=O) groups is 2. The standard InChI is InChI=1S/C20H22N4O3S/c1-24(2)15(25)5-3-4-12-6-8-13(9-7-12)27-14-10-11-23-20-16(14)17(21)18(28-20)19(22)26/h6-11H,3-5,21H2,1-2H3,(H2,22,26). The Morgan fingerprint density at radius 3 is 2.54 bits per heavy atom. The Labute approximate surface area is 166 Å². The van der Waals surface area contributed by atoms with Crippen molar-refractivity contribution in [2.24, 2.45) is 5.73 Å². The SMILES string of the molecule is CN(C)C(=O)CCCc1ccc(Oc2ccnc3sc(C(N)=O)c(N)c23)cc1. The van der Waals surface area contributed by atoms with E-state index in [-0.39, 0.29) is 16.5 Å². The Morgan fingerprint density at radius 2 is 1.89 bits per heavy atom. The first-order valence-electron chi connectivity index (χ1n) is 8.80. The average Bonchev–Trinajstić information content (AvgIpc) is 3.01. The number of benzene rings is 1. The second-order valence-corrected chi connectivity index (χ2v) is 7.59. The summed E-state index contributed by atoms with van der Waals surface area (Å²) < 4.78 is 5.97. The molecule has 7 nitrogen and oxygen atoms in total. The number of nitrogen functional groups attached to an aromatic ring is 1. The molecule has 3 aromatic rings. The Bertz CT molecular complexity index is 1010. The van der Waals surface area contributed by atoms with Gasteiger partial charge in [0.25, 0.3) is 5.91 Å². The van der Waals surface area contributed by atoms with Crippen molar-refractivity contribution >= 4 is 39.1 Å². The minimum atomic E-state index is -0.580. The first-order valence-corrected chi connectivity index (χ1v) is 9.62. The minimum absolute atomic E-state index is 0.130. The van der Waals surface area contributed by atoms with Crippen LogP contribution in [0.4, 0.5) is 5.69 Å². The van der Waals surface area contributed by atoms with Crippen LogP contribution < -0.4 is 16.2 Å². The van der Waals surface area contributed by atoms with Crippen LogP contribution in [0.2, 0.25) is 0 Å². The van der Waals surface area contributed by atoms with Gasteiger partial charge in [-0.15, -0.1) is 11.3 Å². The molecule has 2 amide bonds. The van der Waals surface area contributed by atoms with E-state index in [9.17, 15) is 9.59 Å². The molecule has 1 aromatic carbocycles. The van der Waals surface area contributed by atoms with E-state index in [4.69, 9.17) is 16.2 Å². The molecule has 3 rings (SSSR count). The van der Waals surface area contributed by atoms with Crippen LogP contribution in [0.25, 0.3) is 10.2 Å². The zero-order valence-electron chi connectivity index (χ0n) is 15.8. The third-order valence-corrected chi connectivity index (χ3v) is 5.45. The van der Waals surface area contributed by atoms with Crippen LogP contribution in [0.1, 0.15) is 28.1 Å². The number of rotatable bonds is 7. The molecule has 2 heterocycles. The van der Waals surface area contributed by atoms with Gasteiger partial charge in [0.15, 0.2) is 0 Å². The molecule has 0 aliphatic carbocycles. The van der Waals surface area contributed by atoms with E-state index in [0.29, 0.717) is 28.1 Å². The van der Waals surface area contributed by atoms with Crippen molar-refractivity contribution in [2.45, 2.75) is 19.3 Å². The predicted octanol–water partition coefficient (Wildman–Crippen LogP) is 3.18. The van der Waals surface area contributed by atoms with Crippen molar-refractivity contribution < 1.29 is 14.3 Å². The number of fused-ring (bicyclic) bond motifs is 1. The molecule has 146 valence electrons. The zero-order chi connectivity index (χ0) is 20.3. The number of primary amides is 1. The van der Waals surface area contributed by atoms with Gasteiger partial charge in [-0.1, -0.05) is 12.1 Å². The molecule has 0 fully saturated rings. The summed E-state index contributed by atoms with van der Waals surface area (Å²) >= 11 is 1.15. The largest absolute Gasteiger partial charge is 0.456 e. The highest BCUT2D eigenvalue weighted by atomic mass is 32.1. The number of hydrogen-bond acceptors (Lipinski definition) is 6. The summed E-state index contributed by atoms with van der Waals surface area (Å²) in [5.41, 5.74) is 12.9. The number of hydrogen-bond donors (Lipinski definition) is 2. The Morgan fingerprint density at radius 1 is 1.18 bits per heavy atom. The minimum Gasteiger partial charge on any atom is -0.456 e. The number of carbonyl (C=O) groups excluding carboxylic acids is 2. The van der Waals surface area contributed by atoms with E-state index in [0.717, 1.165) is 29.7 Å². The number of amides is 2. The quantitative estimate of drug-likeness (QED) is 0.635. The summed E-state index contributed by atoms with van der Waals surface area (Å²) in [5.74, 6) is 0.719. The average molecular weight is 398 g/mol. The van der Waals surface area contributed by atoms with E-state index in [2.05, 4.69) is 4.98 Å². The lowest BCUT2D eigenvalue weighted by Crippen LogP contribution is -2.21. The molecule has 0 saturated carbocycles. The summed E-state index contributed by atoms with van der Waals surface area (Å²) in [6, 6.07) is 9.39. The summed E-state index contributed by atoms with van der Waals surface area (Å²) in [5, 5.41) is 0.590. The third-order valence-electron chi connectivity index (χ3n) is 4.32. The summed E-state index contributed by atoms with van der Waals surface area (Å²) in [4.78, 5) is 29.9. The summed E-state index contributed by atoms with van der Waals surface area (Å²) in [7, 11) is 3.52. The number of nitrogens with two attached hydrogens (primary N) is 2. The van der Waals surface area contributed by atoms with Gasteiger partial charge in [-0.3, -0.25) is 9.59 Å². The summed E-state index contributed by atoms with van der Waals surface area (Å²) in [6.45, 7) is 0. The molecule has 0 atom stereocenters. The van der Waals surface area contributed by atoms with Gasteiger partial charge >= 0.3 is 0 Å². The number of aryl methyl sites for hydroxylation is 1. The Kier molecular flexibility index (Phi) is 5.79. The molecule has 0 spiro atoms. The molecule has 0 aliphatic rings. The lowest BCUT2D eigenvalue weighted by atomic mass is 10.1. The highest BCUT2D eigenvalue weighted by molar-refractivity contribution is 7.21. The van der Waals surface area contributed by atoms with Gasteiger partial charge < -0.3 is 21.1 Å². The molecule has 4 N–H and O–H groups in total. The lowest BCUT2D eigenvalue weighted by Gasteiger charge is -2.10. The fourth-order valence-corrected chi connectivity index (χ4v) is 3.74. The molecule has 0 radical (unpaired) electrons. The van der Waals surface area contributed by atoms with Gasteiger partial charge in [0, 0.05) is 26.7 Å². The maximum atomic E-state index is 11.6.